The third kappa shape index (κ3) is 3.37. The molecule has 0 unspecified atom stereocenters. The van der Waals surface area contributed by atoms with Crippen LogP contribution in [0.2, 0.25) is 0 Å². The molecule has 0 atom stereocenters. The maximum Gasteiger partial charge on any atom is 0.262 e. The summed E-state index contributed by atoms with van der Waals surface area (Å²) in [6.45, 7) is 6.62. The first kappa shape index (κ1) is 17.4. The lowest BCUT2D eigenvalue weighted by Gasteiger charge is -2.17. The van der Waals surface area contributed by atoms with Gasteiger partial charge in [-0.05, 0) is 32.4 Å². The minimum Gasteiger partial charge on any atom is -0.469 e. The maximum absolute atomic E-state index is 12.6. The van der Waals surface area contributed by atoms with Gasteiger partial charge in [0.15, 0.2) is 0 Å². The van der Waals surface area contributed by atoms with Crippen LogP contribution in [0, 0.1) is 20.8 Å². The van der Waals surface area contributed by atoms with Crippen molar-refractivity contribution >= 4 is 27.5 Å². The molecule has 0 saturated heterocycles. The first-order valence-corrected chi connectivity index (χ1v) is 8.92. The number of hydrogen-bond acceptors (Lipinski definition) is 5. The average Bonchev–Trinajstić information content (AvgIpc) is 3.10. The van der Waals surface area contributed by atoms with E-state index in [2.05, 4.69) is 4.98 Å². The van der Waals surface area contributed by atoms with Gasteiger partial charge in [0.1, 0.15) is 10.6 Å². The molecule has 1 amide bonds. The lowest BCUT2D eigenvalue weighted by atomic mass is 10.2. The number of nitrogens with zero attached hydrogens (tertiary/aromatic N) is 3. The minimum absolute atomic E-state index is 0.0224. The molecule has 0 aliphatic carbocycles. The molecule has 0 saturated carbocycles. The monoisotopic (exact) mass is 359 g/mol. The predicted octanol–water partition coefficient (Wildman–Crippen LogP) is 3.02. The normalized spacial score (nSPS) is 11.2. The minimum atomic E-state index is -0.0759. The van der Waals surface area contributed by atoms with Crippen LogP contribution in [-0.4, -0.2) is 27.4 Å². The molecule has 3 rings (SSSR count). The Morgan fingerprint density at radius 2 is 2.12 bits per heavy atom. The van der Waals surface area contributed by atoms with E-state index in [4.69, 9.17) is 4.42 Å². The topological polar surface area (TPSA) is 68.3 Å². The fourth-order valence-corrected chi connectivity index (χ4v) is 3.74. The first-order chi connectivity index (χ1) is 11.9. The Balaban J connectivity index is 1.71. The van der Waals surface area contributed by atoms with Crippen LogP contribution in [0.3, 0.4) is 0 Å². The standard InChI is InChI=1S/C18H21N3O3S/c1-11-13(3)25-17-16(11)18(23)21(10-19-17)7-5-15(22)20(4)9-14-6-8-24-12(14)2/h6,8,10H,5,7,9H2,1-4H3. The van der Waals surface area contributed by atoms with Crippen molar-refractivity contribution in [1.29, 1.82) is 0 Å². The molecule has 3 heterocycles. The number of rotatable bonds is 5. The summed E-state index contributed by atoms with van der Waals surface area (Å²) in [5.41, 5.74) is 1.89. The van der Waals surface area contributed by atoms with Crippen molar-refractivity contribution in [3.8, 4) is 0 Å². The van der Waals surface area contributed by atoms with Gasteiger partial charge < -0.3 is 9.32 Å². The Bertz CT molecular complexity index is 983. The lowest BCUT2D eigenvalue weighted by Crippen LogP contribution is -2.29. The van der Waals surface area contributed by atoms with Crippen LogP contribution in [-0.2, 0) is 17.9 Å². The van der Waals surface area contributed by atoms with E-state index in [0.29, 0.717) is 18.5 Å². The molecule has 0 bridgehead atoms. The summed E-state index contributed by atoms with van der Waals surface area (Å²) in [7, 11) is 1.76. The summed E-state index contributed by atoms with van der Waals surface area (Å²) in [5.74, 6) is 0.791. The van der Waals surface area contributed by atoms with Crippen LogP contribution in [0.5, 0.6) is 0 Å². The van der Waals surface area contributed by atoms with Gasteiger partial charge >= 0.3 is 0 Å². The van der Waals surface area contributed by atoms with Gasteiger partial charge in [-0.3, -0.25) is 14.2 Å². The Kier molecular flexibility index (Phi) is 4.76. The van der Waals surface area contributed by atoms with Crippen molar-refractivity contribution in [2.24, 2.45) is 0 Å². The second-order valence-electron chi connectivity index (χ2n) is 6.21. The van der Waals surface area contributed by atoms with Crippen LogP contribution in [0.15, 0.2) is 27.9 Å². The summed E-state index contributed by atoms with van der Waals surface area (Å²) in [6.07, 6.45) is 3.41. The summed E-state index contributed by atoms with van der Waals surface area (Å²) in [6, 6.07) is 1.86. The fraction of sp³-hybridized carbons (Fsp3) is 0.389. The van der Waals surface area contributed by atoms with Gasteiger partial charge in [0.2, 0.25) is 5.91 Å². The molecule has 0 N–H and O–H groups in total. The van der Waals surface area contributed by atoms with E-state index in [9.17, 15) is 9.59 Å². The molecule has 0 aliphatic heterocycles. The fourth-order valence-electron chi connectivity index (χ4n) is 2.76. The summed E-state index contributed by atoms with van der Waals surface area (Å²) in [4.78, 5) is 32.9. The Morgan fingerprint density at radius 3 is 2.80 bits per heavy atom. The summed E-state index contributed by atoms with van der Waals surface area (Å²) >= 11 is 1.53. The highest BCUT2D eigenvalue weighted by molar-refractivity contribution is 7.18. The van der Waals surface area contributed by atoms with Crippen molar-refractivity contribution < 1.29 is 9.21 Å². The van der Waals surface area contributed by atoms with E-state index in [1.165, 1.54) is 22.2 Å². The second-order valence-corrected chi connectivity index (χ2v) is 7.41. The number of thiophene rings is 1. The zero-order valence-electron chi connectivity index (χ0n) is 14.8. The van der Waals surface area contributed by atoms with Gasteiger partial charge in [-0.25, -0.2) is 4.98 Å². The highest BCUT2D eigenvalue weighted by atomic mass is 32.1. The molecule has 7 heteroatoms. The zero-order chi connectivity index (χ0) is 18.1. The van der Waals surface area contributed by atoms with Crippen LogP contribution in [0.25, 0.3) is 10.2 Å². The molecule has 0 aromatic carbocycles. The summed E-state index contributed by atoms with van der Waals surface area (Å²) < 4.78 is 6.78. The molecule has 0 fully saturated rings. The average molecular weight is 359 g/mol. The Labute approximate surface area is 149 Å². The second kappa shape index (κ2) is 6.84. The van der Waals surface area contributed by atoms with Gasteiger partial charge in [0.05, 0.1) is 18.0 Å². The molecular weight excluding hydrogens is 338 g/mol. The highest BCUT2D eigenvalue weighted by Crippen LogP contribution is 2.25. The summed E-state index contributed by atoms with van der Waals surface area (Å²) in [5, 5.41) is 0.667. The lowest BCUT2D eigenvalue weighted by molar-refractivity contribution is -0.130. The molecule has 25 heavy (non-hydrogen) atoms. The SMILES string of the molecule is Cc1occc1CN(C)C(=O)CCn1cnc2sc(C)c(C)c2c1=O. The largest absolute Gasteiger partial charge is 0.469 e. The molecular formula is C18H21N3O3S. The van der Waals surface area contributed by atoms with E-state index in [1.54, 1.807) is 18.2 Å². The molecule has 3 aromatic heterocycles. The van der Waals surface area contributed by atoms with Crippen molar-refractivity contribution in [2.45, 2.75) is 40.3 Å². The highest BCUT2D eigenvalue weighted by Gasteiger charge is 2.15. The van der Waals surface area contributed by atoms with E-state index < -0.39 is 0 Å². The number of hydrogen-bond donors (Lipinski definition) is 0. The quantitative estimate of drug-likeness (QED) is 0.702. The molecule has 6 nitrogen and oxygen atoms in total. The van der Waals surface area contributed by atoms with Crippen LogP contribution >= 0.6 is 11.3 Å². The van der Waals surface area contributed by atoms with E-state index >= 15 is 0 Å². The van der Waals surface area contributed by atoms with Gasteiger partial charge in [-0.15, -0.1) is 11.3 Å². The van der Waals surface area contributed by atoms with Crippen LogP contribution in [0.1, 0.15) is 28.2 Å². The predicted molar refractivity (Wildman–Crippen MR) is 97.9 cm³/mol. The van der Waals surface area contributed by atoms with E-state index in [-0.39, 0.29) is 17.9 Å². The first-order valence-electron chi connectivity index (χ1n) is 8.10. The van der Waals surface area contributed by atoms with Crippen LogP contribution < -0.4 is 5.56 Å². The third-order valence-corrected chi connectivity index (χ3v) is 5.64. The number of aromatic nitrogens is 2. The van der Waals surface area contributed by atoms with E-state index in [0.717, 1.165) is 26.6 Å². The van der Waals surface area contributed by atoms with Crippen molar-refractivity contribution in [3.63, 3.8) is 0 Å². The Morgan fingerprint density at radius 1 is 1.36 bits per heavy atom. The zero-order valence-corrected chi connectivity index (χ0v) is 15.6. The van der Waals surface area contributed by atoms with Crippen molar-refractivity contribution in [3.05, 3.63) is 50.8 Å². The molecule has 132 valence electrons. The Hall–Kier alpha value is -2.41. The maximum atomic E-state index is 12.6. The van der Waals surface area contributed by atoms with Gasteiger partial charge in [-0.1, -0.05) is 0 Å². The number of furan rings is 1. The van der Waals surface area contributed by atoms with Crippen molar-refractivity contribution in [1.82, 2.24) is 14.5 Å². The number of carbonyl (C=O) groups excluding carboxylic acids is 1. The molecule has 0 spiro atoms. The number of aryl methyl sites for hydroxylation is 4. The number of amides is 1. The van der Waals surface area contributed by atoms with Gasteiger partial charge in [0, 0.05) is 37.0 Å². The van der Waals surface area contributed by atoms with Crippen LogP contribution in [0.4, 0.5) is 0 Å². The van der Waals surface area contributed by atoms with Gasteiger partial charge in [0.25, 0.3) is 5.56 Å². The van der Waals surface area contributed by atoms with Crippen molar-refractivity contribution in [2.75, 3.05) is 7.05 Å². The number of carbonyl (C=O) groups is 1. The third-order valence-electron chi connectivity index (χ3n) is 4.52. The number of fused-ring (bicyclic) bond motifs is 1. The smallest absolute Gasteiger partial charge is 0.262 e. The van der Waals surface area contributed by atoms with Gasteiger partial charge in [-0.2, -0.15) is 0 Å². The molecule has 3 aromatic rings. The molecule has 0 radical (unpaired) electrons. The van der Waals surface area contributed by atoms with E-state index in [1.807, 2.05) is 26.8 Å². The molecule has 0 aliphatic rings.